The van der Waals surface area contributed by atoms with Crippen LogP contribution in [-0.4, -0.2) is 70.0 Å². The van der Waals surface area contributed by atoms with Crippen molar-refractivity contribution in [1.29, 1.82) is 5.41 Å². The highest BCUT2D eigenvalue weighted by atomic mass is 16.5. The summed E-state index contributed by atoms with van der Waals surface area (Å²) in [5.74, 6) is 0.983. The number of carbonyl (C=O) groups excluding carboxylic acids is 2. The average molecular weight is 511 g/mol. The summed E-state index contributed by atoms with van der Waals surface area (Å²) in [6, 6.07) is 7.16. The van der Waals surface area contributed by atoms with Crippen LogP contribution in [0.2, 0.25) is 0 Å². The molecule has 9 heteroatoms. The lowest BCUT2D eigenvalue weighted by Gasteiger charge is -2.26. The number of fused-ring (bicyclic) bond motifs is 1. The molecule has 200 valence electrons. The second-order valence-electron chi connectivity index (χ2n) is 9.92. The number of anilines is 1. The van der Waals surface area contributed by atoms with Crippen molar-refractivity contribution >= 4 is 23.2 Å². The lowest BCUT2D eigenvalue weighted by atomic mass is 9.84. The highest BCUT2D eigenvalue weighted by Crippen LogP contribution is 2.39. The Kier molecular flexibility index (Phi) is 8.81. The first kappa shape index (κ1) is 28.0. The Balaban J connectivity index is 1.92. The molecule has 0 bridgehead atoms. The largest absolute Gasteiger partial charge is 0.494 e. The molecular formula is C28H38N4O5. The number of methoxy groups -OCH3 is 2. The van der Waals surface area contributed by atoms with E-state index in [0.29, 0.717) is 54.5 Å². The third-order valence-electron chi connectivity index (χ3n) is 6.29. The first-order chi connectivity index (χ1) is 17.5. The van der Waals surface area contributed by atoms with Crippen molar-refractivity contribution in [2.75, 3.05) is 52.9 Å². The van der Waals surface area contributed by atoms with E-state index in [9.17, 15) is 9.59 Å². The van der Waals surface area contributed by atoms with Crippen LogP contribution >= 0.6 is 0 Å². The van der Waals surface area contributed by atoms with E-state index in [1.165, 1.54) is 0 Å². The van der Waals surface area contributed by atoms with E-state index in [0.717, 1.165) is 16.8 Å². The molecule has 0 saturated heterocycles. The zero-order chi connectivity index (χ0) is 27.3. The Hall–Kier alpha value is -3.59. The minimum absolute atomic E-state index is 0.0280. The summed E-state index contributed by atoms with van der Waals surface area (Å²) in [4.78, 5) is 27.6. The SMILES string of the molecule is CCOc1cc2c(cc1C(=O)NC)C(=N)N(CC(=O)c1cc(NCCOC)c(OC)c(C(C)(C)C)c1)C2. The van der Waals surface area contributed by atoms with Gasteiger partial charge in [0.1, 0.15) is 17.3 Å². The Bertz CT molecular complexity index is 1190. The fourth-order valence-corrected chi connectivity index (χ4v) is 4.40. The monoisotopic (exact) mass is 510 g/mol. The third kappa shape index (κ3) is 6.05. The van der Waals surface area contributed by atoms with Crippen molar-refractivity contribution in [2.45, 2.75) is 39.7 Å². The van der Waals surface area contributed by atoms with Crippen molar-refractivity contribution in [3.63, 3.8) is 0 Å². The van der Waals surface area contributed by atoms with E-state index in [1.54, 1.807) is 44.4 Å². The summed E-state index contributed by atoms with van der Waals surface area (Å²) >= 11 is 0. The number of amidine groups is 1. The number of nitrogens with one attached hydrogen (secondary N) is 3. The number of rotatable bonds is 11. The van der Waals surface area contributed by atoms with Gasteiger partial charge in [0.2, 0.25) is 0 Å². The fraction of sp³-hybridized carbons (Fsp3) is 0.464. The van der Waals surface area contributed by atoms with Crippen molar-refractivity contribution in [1.82, 2.24) is 10.2 Å². The zero-order valence-corrected chi connectivity index (χ0v) is 22.8. The number of ether oxygens (including phenoxy) is 3. The van der Waals surface area contributed by atoms with E-state index in [2.05, 4.69) is 31.4 Å². The van der Waals surface area contributed by atoms with E-state index in [1.807, 2.05) is 13.0 Å². The maximum absolute atomic E-state index is 13.5. The normalized spacial score (nSPS) is 12.8. The van der Waals surface area contributed by atoms with Gasteiger partial charge in [-0.05, 0) is 42.2 Å². The fourth-order valence-electron chi connectivity index (χ4n) is 4.40. The van der Waals surface area contributed by atoms with Gasteiger partial charge in [-0.3, -0.25) is 15.0 Å². The second-order valence-corrected chi connectivity index (χ2v) is 9.92. The number of ketones is 1. The molecule has 37 heavy (non-hydrogen) atoms. The number of Topliss-reactive ketones (excluding diaryl/α,β-unsaturated/α-hetero) is 1. The molecule has 0 aliphatic carbocycles. The minimum Gasteiger partial charge on any atom is -0.494 e. The van der Waals surface area contributed by atoms with E-state index in [-0.39, 0.29) is 29.5 Å². The molecule has 0 saturated carbocycles. The summed E-state index contributed by atoms with van der Waals surface area (Å²) in [5.41, 5.74) is 3.77. The molecule has 1 aliphatic rings. The second kappa shape index (κ2) is 11.6. The van der Waals surface area contributed by atoms with Gasteiger partial charge in [0.15, 0.2) is 5.78 Å². The molecule has 1 aliphatic heterocycles. The van der Waals surface area contributed by atoms with Crippen molar-refractivity contribution in [2.24, 2.45) is 0 Å². The van der Waals surface area contributed by atoms with Gasteiger partial charge in [-0.2, -0.15) is 0 Å². The van der Waals surface area contributed by atoms with Crippen molar-refractivity contribution in [3.05, 3.63) is 52.1 Å². The average Bonchev–Trinajstić information content (AvgIpc) is 3.16. The molecule has 2 aromatic rings. The molecule has 1 amide bonds. The zero-order valence-electron chi connectivity index (χ0n) is 22.8. The van der Waals surface area contributed by atoms with Crippen LogP contribution in [0.15, 0.2) is 24.3 Å². The number of carbonyl (C=O) groups is 2. The summed E-state index contributed by atoms with van der Waals surface area (Å²) in [6.45, 7) is 9.98. The van der Waals surface area contributed by atoms with Crippen molar-refractivity contribution in [3.8, 4) is 11.5 Å². The summed E-state index contributed by atoms with van der Waals surface area (Å²) in [6.07, 6.45) is 0. The molecule has 9 nitrogen and oxygen atoms in total. The Morgan fingerprint density at radius 2 is 1.86 bits per heavy atom. The molecule has 3 N–H and O–H groups in total. The molecule has 0 atom stereocenters. The van der Waals surface area contributed by atoms with Crippen LogP contribution in [0.25, 0.3) is 0 Å². The highest BCUT2D eigenvalue weighted by Gasteiger charge is 2.30. The summed E-state index contributed by atoms with van der Waals surface area (Å²) in [5, 5.41) is 14.7. The van der Waals surface area contributed by atoms with Crippen LogP contribution in [0.1, 0.15) is 65.1 Å². The molecule has 0 aromatic heterocycles. The number of nitrogens with zero attached hydrogens (tertiary/aromatic N) is 1. The third-order valence-corrected chi connectivity index (χ3v) is 6.29. The topological polar surface area (TPSA) is 113 Å². The van der Waals surface area contributed by atoms with E-state index < -0.39 is 0 Å². The van der Waals surface area contributed by atoms with Gasteiger partial charge in [-0.1, -0.05) is 20.8 Å². The van der Waals surface area contributed by atoms with Crippen LogP contribution in [0.3, 0.4) is 0 Å². The predicted molar refractivity (Wildman–Crippen MR) is 145 cm³/mol. The summed E-state index contributed by atoms with van der Waals surface area (Å²) < 4.78 is 16.6. The maximum Gasteiger partial charge on any atom is 0.254 e. The number of hydrogen-bond acceptors (Lipinski definition) is 7. The lowest BCUT2D eigenvalue weighted by molar-refractivity contribution is 0.0953. The lowest BCUT2D eigenvalue weighted by Crippen LogP contribution is -2.30. The first-order valence-electron chi connectivity index (χ1n) is 12.4. The van der Waals surface area contributed by atoms with Gasteiger partial charge in [0.25, 0.3) is 5.91 Å². The molecular weight excluding hydrogens is 472 g/mol. The van der Waals surface area contributed by atoms with Crippen molar-refractivity contribution < 1.29 is 23.8 Å². The maximum atomic E-state index is 13.5. The predicted octanol–water partition coefficient (Wildman–Crippen LogP) is 3.83. The van der Waals surface area contributed by atoms with Crippen LogP contribution in [-0.2, 0) is 16.7 Å². The molecule has 0 unspecified atom stereocenters. The number of benzene rings is 2. The number of amides is 1. The Morgan fingerprint density at radius 3 is 2.46 bits per heavy atom. The molecule has 2 aromatic carbocycles. The summed E-state index contributed by atoms with van der Waals surface area (Å²) in [7, 11) is 4.82. The van der Waals surface area contributed by atoms with Crippen LogP contribution < -0.4 is 20.1 Å². The first-order valence-corrected chi connectivity index (χ1v) is 12.4. The molecule has 0 spiro atoms. The van der Waals surface area contributed by atoms with Gasteiger partial charge in [0.05, 0.1) is 38.1 Å². The van der Waals surface area contributed by atoms with Gasteiger partial charge < -0.3 is 29.7 Å². The van der Waals surface area contributed by atoms with Crippen LogP contribution in [0.5, 0.6) is 11.5 Å². The standard InChI is InChI=1S/C28H38N4O5/c1-8-37-24-13-18-15-32(26(29)19(18)14-20(24)27(34)30-5)16-23(33)17-11-21(28(2,3)4)25(36-7)22(12-17)31-9-10-35-6/h11-14,29,31H,8-10,15-16H2,1-7H3,(H,30,34). The van der Waals surface area contributed by atoms with Gasteiger partial charge >= 0.3 is 0 Å². The molecule has 0 radical (unpaired) electrons. The van der Waals surface area contributed by atoms with Gasteiger partial charge in [-0.15, -0.1) is 0 Å². The number of hydrogen-bond donors (Lipinski definition) is 3. The van der Waals surface area contributed by atoms with Gasteiger partial charge in [-0.25, -0.2) is 0 Å². The Labute approximate surface area is 219 Å². The van der Waals surface area contributed by atoms with Crippen LogP contribution in [0, 0.1) is 5.41 Å². The molecule has 1 heterocycles. The van der Waals surface area contributed by atoms with E-state index >= 15 is 0 Å². The highest BCUT2D eigenvalue weighted by molar-refractivity contribution is 6.08. The minimum atomic E-state index is -0.282. The van der Waals surface area contributed by atoms with Gasteiger partial charge in [0, 0.05) is 43.9 Å². The smallest absolute Gasteiger partial charge is 0.254 e. The Morgan fingerprint density at radius 1 is 1.14 bits per heavy atom. The molecule has 3 rings (SSSR count). The van der Waals surface area contributed by atoms with E-state index in [4.69, 9.17) is 19.6 Å². The van der Waals surface area contributed by atoms with Crippen LogP contribution in [0.4, 0.5) is 5.69 Å². The molecule has 0 fully saturated rings. The quantitative estimate of drug-likeness (QED) is 0.311.